The van der Waals surface area contributed by atoms with Gasteiger partial charge in [-0.05, 0) is 18.2 Å². The number of ether oxygens (including phenoxy) is 3. The number of nitrogens with one attached hydrogen (secondary N) is 1. The van der Waals surface area contributed by atoms with Gasteiger partial charge < -0.3 is 29.3 Å². The summed E-state index contributed by atoms with van der Waals surface area (Å²) in [5.41, 5.74) is 0. The van der Waals surface area contributed by atoms with Gasteiger partial charge in [0.1, 0.15) is 12.4 Å². The van der Waals surface area contributed by atoms with Gasteiger partial charge in [-0.3, -0.25) is 4.99 Å². The van der Waals surface area contributed by atoms with Gasteiger partial charge in [-0.1, -0.05) is 0 Å². The molecule has 1 saturated heterocycles. The Morgan fingerprint density at radius 2 is 1.93 bits per heavy atom. The molecule has 2 aliphatic heterocycles. The Bertz CT molecular complexity index is 809. The molecule has 2 aromatic rings. The lowest BCUT2D eigenvalue weighted by Crippen LogP contribution is -2.53. The van der Waals surface area contributed by atoms with Crippen molar-refractivity contribution in [3.05, 3.63) is 36.7 Å². The van der Waals surface area contributed by atoms with Gasteiger partial charge in [-0.25, -0.2) is 9.97 Å². The lowest BCUT2D eigenvalue weighted by atomic mass is 10.3. The van der Waals surface area contributed by atoms with Crippen molar-refractivity contribution < 1.29 is 14.2 Å². The van der Waals surface area contributed by atoms with Crippen LogP contribution in [0.2, 0.25) is 0 Å². The first-order valence-corrected chi connectivity index (χ1v) is 9.33. The number of guanidine groups is 1. The number of benzene rings is 1. The van der Waals surface area contributed by atoms with Crippen LogP contribution in [0.1, 0.15) is 0 Å². The molecule has 2 aliphatic rings. The van der Waals surface area contributed by atoms with E-state index in [9.17, 15) is 0 Å². The minimum absolute atomic E-state index is 0.264. The summed E-state index contributed by atoms with van der Waals surface area (Å²) in [5, 5.41) is 3.36. The molecule has 0 spiro atoms. The van der Waals surface area contributed by atoms with Crippen LogP contribution in [0.5, 0.6) is 17.2 Å². The average molecular weight is 384 g/mol. The second-order valence-corrected chi connectivity index (χ2v) is 6.36. The molecule has 0 radical (unpaired) electrons. The number of hydrogen-bond acceptors (Lipinski definition) is 7. The number of fused-ring (bicyclic) bond motifs is 1. The molecule has 0 bridgehead atoms. The van der Waals surface area contributed by atoms with Gasteiger partial charge in [0.15, 0.2) is 17.5 Å². The highest BCUT2D eigenvalue weighted by molar-refractivity contribution is 5.80. The monoisotopic (exact) mass is 384 g/mol. The molecule has 0 unspecified atom stereocenters. The topological polar surface area (TPSA) is 84.3 Å². The Morgan fingerprint density at radius 3 is 2.71 bits per heavy atom. The maximum absolute atomic E-state index is 5.79. The van der Waals surface area contributed by atoms with Gasteiger partial charge in [0.2, 0.25) is 12.7 Å². The Labute approximate surface area is 164 Å². The third-order valence-corrected chi connectivity index (χ3v) is 4.62. The number of nitrogens with zero attached hydrogens (tertiary/aromatic N) is 5. The van der Waals surface area contributed by atoms with Crippen LogP contribution in [-0.2, 0) is 0 Å². The number of aliphatic imine (C=N–C) groups is 1. The smallest absolute Gasteiger partial charge is 0.231 e. The lowest BCUT2D eigenvalue weighted by Gasteiger charge is -2.36. The third-order valence-electron chi connectivity index (χ3n) is 4.62. The zero-order valence-electron chi connectivity index (χ0n) is 15.9. The van der Waals surface area contributed by atoms with Crippen molar-refractivity contribution in [2.24, 2.45) is 4.99 Å². The molecule has 4 rings (SSSR count). The van der Waals surface area contributed by atoms with Crippen LogP contribution in [-0.4, -0.2) is 74.0 Å². The minimum atomic E-state index is 0.264. The molecule has 28 heavy (non-hydrogen) atoms. The van der Waals surface area contributed by atoms with Gasteiger partial charge in [0.25, 0.3) is 0 Å². The molecule has 0 atom stereocenters. The fourth-order valence-electron chi connectivity index (χ4n) is 3.20. The van der Waals surface area contributed by atoms with E-state index in [0.29, 0.717) is 13.2 Å². The van der Waals surface area contributed by atoms with Crippen molar-refractivity contribution in [2.45, 2.75) is 0 Å². The van der Waals surface area contributed by atoms with E-state index in [4.69, 9.17) is 14.2 Å². The lowest BCUT2D eigenvalue weighted by molar-refractivity contribution is 0.173. The molecule has 0 amide bonds. The summed E-state index contributed by atoms with van der Waals surface area (Å²) in [6.07, 6.45) is 3.55. The number of rotatable bonds is 5. The summed E-state index contributed by atoms with van der Waals surface area (Å²) in [5.74, 6) is 3.90. The molecule has 1 aromatic heterocycles. The zero-order valence-corrected chi connectivity index (χ0v) is 15.9. The molecular weight excluding hydrogens is 360 g/mol. The summed E-state index contributed by atoms with van der Waals surface area (Å²) < 4.78 is 16.5. The highest BCUT2D eigenvalue weighted by Crippen LogP contribution is 2.34. The molecule has 9 nitrogen and oxygen atoms in total. The van der Waals surface area contributed by atoms with Gasteiger partial charge in [-0.15, -0.1) is 0 Å². The standard InChI is InChI=1S/C19H24N6O3/c1-20-18(24-8-10-25(11-9-24)19-21-5-2-6-22-19)23-7-12-26-15-3-4-16-17(13-15)28-14-27-16/h2-6,13H,7-12,14H2,1H3,(H,20,23). The largest absolute Gasteiger partial charge is 0.492 e. The first-order valence-electron chi connectivity index (χ1n) is 9.33. The van der Waals surface area contributed by atoms with E-state index in [1.54, 1.807) is 19.4 Å². The van der Waals surface area contributed by atoms with E-state index >= 15 is 0 Å². The van der Waals surface area contributed by atoms with Gasteiger partial charge >= 0.3 is 0 Å². The number of aromatic nitrogens is 2. The van der Waals surface area contributed by atoms with Crippen LogP contribution in [0.3, 0.4) is 0 Å². The van der Waals surface area contributed by atoms with Crippen molar-refractivity contribution in [1.82, 2.24) is 20.2 Å². The van der Waals surface area contributed by atoms with Crippen LogP contribution < -0.4 is 24.4 Å². The fraction of sp³-hybridized carbons (Fsp3) is 0.421. The summed E-state index contributed by atoms with van der Waals surface area (Å²) >= 11 is 0. The third kappa shape index (κ3) is 4.19. The predicted molar refractivity (Wildman–Crippen MR) is 105 cm³/mol. The van der Waals surface area contributed by atoms with Crippen LogP contribution in [0.4, 0.5) is 5.95 Å². The van der Waals surface area contributed by atoms with E-state index in [2.05, 4.69) is 30.1 Å². The molecule has 3 heterocycles. The molecule has 148 valence electrons. The van der Waals surface area contributed by atoms with E-state index in [-0.39, 0.29) is 6.79 Å². The highest BCUT2D eigenvalue weighted by atomic mass is 16.7. The van der Waals surface area contributed by atoms with E-state index in [1.165, 1.54) is 0 Å². The minimum Gasteiger partial charge on any atom is -0.492 e. The Morgan fingerprint density at radius 1 is 1.14 bits per heavy atom. The van der Waals surface area contributed by atoms with Crippen LogP contribution in [0.25, 0.3) is 0 Å². The number of anilines is 1. The van der Waals surface area contributed by atoms with E-state index < -0.39 is 0 Å². The molecule has 0 aliphatic carbocycles. The normalized spacial score (nSPS) is 16.2. The van der Waals surface area contributed by atoms with Crippen molar-refractivity contribution >= 4 is 11.9 Å². The second kappa shape index (κ2) is 8.64. The summed E-state index contributed by atoms with van der Waals surface area (Å²) in [7, 11) is 1.80. The molecule has 1 N–H and O–H groups in total. The van der Waals surface area contributed by atoms with Crippen molar-refractivity contribution in [1.29, 1.82) is 0 Å². The van der Waals surface area contributed by atoms with E-state index in [0.717, 1.165) is 55.3 Å². The van der Waals surface area contributed by atoms with Crippen molar-refractivity contribution in [3.63, 3.8) is 0 Å². The predicted octanol–water partition coefficient (Wildman–Crippen LogP) is 0.982. The first-order chi connectivity index (χ1) is 13.8. The maximum atomic E-state index is 5.79. The zero-order chi connectivity index (χ0) is 19.2. The Balaban J connectivity index is 1.21. The fourth-order valence-corrected chi connectivity index (χ4v) is 3.20. The van der Waals surface area contributed by atoms with Gasteiger partial charge in [-0.2, -0.15) is 0 Å². The summed E-state index contributed by atoms with van der Waals surface area (Å²) in [6, 6.07) is 7.42. The highest BCUT2D eigenvalue weighted by Gasteiger charge is 2.21. The van der Waals surface area contributed by atoms with Gasteiger partial charge in [0.05, 0.1) is 6.54 Å². The average Bonchev–Trinajstić information content (AvgIpc) is 3.23. The second-order valence-electron chi connectivity index (χ2n) is 6.36. The number of hydrogen-bond donors (Lipinski definition) is 1. The molecular formula is C19H24N6O3. The Hall–Kier alpha value is -3.23. The van der Waals surface area contributed by atoms with Gasteiger partial charge in [0, 0.05) is 51.7 Å². The molecule has 1 fully saturated rings. The molecule has 9 heteroatoms. The summed E-state index contributed by atoms with van der Waals surface area (Å²) in [6.45, 7) is 4.89. The number of piperazine rings is 1. The molecule has 0 saturated carbocycles. The molecule has 1 aromatic carbocycles. The van der Waals surface area contributed by atoms with E-state index in [1.807, 2.05) is 24.3 Å². The van der Waals surface area contributed by atoms with Crippen LogP contribution in [0, 0.1) is 0 Å². The van der Waals surface area contributed by atoms with Crippen LogP contribution >= 0.6 is 0 Å². The summed E-state index contributed by atoms with van der Waals surface area (Å²) in [4.78, 5) is 17.5. The van der Waals surface area contributed by atoms with Crippen LogP contribution in [0.15, 0.2) is 41.7 Å². The maximum Gasteiger partial charge on any atom is 0.231 e. The SMILES string of the molecule is CN=C(NCCOc1ccc2c(c1)OCO2)N1CCN(c2ncccn2)CC1. The quantitative estimate of drug-likeness (QED) is 0.464. The van der Waals surface area contributed by atoms with Crippen molar-refractivity contribution in [3.8, 4) is 17.2 Å². The van der Waals surface area contributed by atoms with Crippen molar-refractivity contribution in [2.75, 3.05) is 58.1 Å². The first kappa shape index (κ1) is 18.1. The Kier molecular flexibility index (Phi) is 5.60.